The average Bonchev–Trinajstić information content (AvgIpc) is 2.65. The fourth-order valence-corrected chi connectivity index (χ4v) is 2.97. The van der Waals surface area contributed by atoms with E-state index in [2.05, 4.69) is 26.6 Å². The molecule has 5 nitrogen and oxygen atoms in total. The number of nitrogens with one attached hydrogen (secondary N) is 2. The van der Waals surface area contributed by atoms with E-state index >= 15 is 0 Å². The summed E-state index contributed by atoms with van der Waals surface area (Å²) in [6.45, 7) is 2.13. The van der Waals surface area contributed by atoms with Crippen molar-refractivity contribution in [3.8, 4) is 0 Å². The Morgan fingerprint density at radius 2 is 1.92 bits per heavy atom. The molecule has 0 bridgehead atoms. The van der Waals surface area contributed by atoms with Gasteiger partial charge in [-0.15, -0.1) is 11.6 Å². The van der Waals surface area contributed by atoms with Gasteiger partial charge in [0.15, 0.2) is 0 Å². The Balaban J connectivity index is 2.39. The molecule has 0 aliphatic carbocycles. The minimum atomic E-state index is -0.338. The predicted octanol–water partition coefficient (Wildman–Crippen LogP) is 3.87. The molecule has 2 rings (SSSR count). The van der Waals surface area contributed by atoms with Crippen molar-refractivity contribution >= 4 is 45.1 Å². The zero-order valence-corrected chi connectivity index (χ0v) is 16.6. The van der Waals surface area contributed by atoms with Crippen molar-refractivity contribution in [3.05, 3.63) is 64.1 Å². The molecular weight excluding hydrogens is 420 g/mol. The first-order valence-corrected chi connectivity index (χ1v) is 9.47. The van der Waals surface area contributed by atoms with E-state index in [1.807, 2.05) is 42.5 Å². The van der Waals surface area contributed by atoms with Crippen LogP contribution in [0.3, 0.4) is 0 Å². The molecule has 26 heavy (non-hydrogen) atoms. The van der Waals surface area contributed by atoms with Crippen LogP contribution in [-0.4, -0.2) is 30.9 Å². The highest BCUT2D eigenvalue weighted by Crippen LogP contribution is 2.31. The summed E-state index contributed by atoms with van der Waals surface area (Å²) >= 11 is 9.09. The lowest BCUT2D eigenvalue weighted by Crippen LogP contribution is -2.30. The Morgan fingerprint density at radius 1 is 1.19 bits per heavy atom. The summed E-state index contributed by atoms with van der Waals surface area (Å²) in [4.78, 5) is 23.6. The quantitative estimate of drug-likeness (QED) is 0.484. The molecule has 0 fully saturated rings. The molecule has 0 saturated carbocycles. The highest BCUT2D eigenvalue weighted by Gasteiger charge is 2.20. The maximum atomic E-state index is 11.8. The molecule has 1 amide bonds. The standard InChI is InChI=1S/C19H20BrClN2O3/c1-2-26-18(25)12-22-19(13-6-4-3-5-7-13)15-10-14(20)8-9-16(15)23-17(24)11-21/h3-10,19,22H,2,11-12H2,1H3,(H,23,24)/t19-/m0/s1. The second kappa shape index (κ2) is 10.3. The third-order valence-corrected chi connectivity index (χ3v) is 4.34. The highest BCUT2D eigenvalue weighted by molar-refractivity contribution is 9.10. The fraction of sp³-hybridized carbons (Fsp3) is 0.263. The minimum absolute atomic E-state index is 0.0445. The highest BCUT2D eigenvalue weighted by atomic mass is 79.9. The lowest BCUT2D eigenvalue weighted by atomic mass is 9.97. The van der Waals surface area contributed by atoms with E-state index in [1.165, 1.54) is 0 Å². The van der Waals surface area contributed by atoms with Crippen LogP contribution in [0.4, 0.5) is 5.69 Å². The van der Waals surface area contributed by atoms with Crippen LogP contribution in [0.2, 0.25) is 0 Å². The Kier molecular flexibility index (Phi) is 8.09. The number of rotatable bonds is 8. The first kappa shape index (κ1) is 20.4. The van der Waals surface area contributed by atoms with Crippen molar-refractivity contribution in [2.24, 2.45) is 0 Å². The van der Waals surface area contributed by atoms with Gasteiger partial charge in [0.05, 0.1) is 19.2 Å². The molecule has 0 saturated heterocycles. The molecular formula is C19H20BrClN2O3. The molecule has 1 atom stereocenters. The number of ether oxygens (including phenoxy) is 1. The second-order valence-corrected chi connectivity index (χ2v) is 6.63. The molecule has 2 N–H and O–H groups in total. The van der Waals surface area contributed by atoms with Crippen LogP contribution in [0.5, 0.6) is 0 Å². The number of alkyl halides is 1. The minimum Gasteiger partial charge on any atom is -0.465 e. The Labute approximate surface area is 166 Å². The summed E-state index contributed by atoms with van der Waals surface area (Å²) in [5.74, 6) is -0.774. The van der Waals surface area contributed by atoms with E-state index in [9.17, 15) is 9.59 Å². The SMILES string of the molecule is CCOC(=O)CN[C@@H](c1ccccc1)c1cc(Br)ccc1NC(=O)CCl. The smallest absolute Gasteiger partial charge is 0.319 e. The molecule has 0 spiro atoms. The van der Waals surface area contributed by atoms with Gasteiger partial charge < -0.3 is 10.1 Å². The summed E-state index contributed by atoms with van der Waals surface area (Å²) in [5.41, 5.74) is 2.40. The van der Waals surface area contributed by atoms with Crippen molar-refractivity contribution in [1.82, 2.24) is 5.32 Å². The lowest BCUT2D eigenvalue weighted by molar-refractivity contribution is -0.142. The topological polar surface area (TPSA) is 67.4 Å². The summed E-state index contributed by atoms with van der Waals surface area (Å²) in [7, 11) is 0. The van der Waals surface area contributed by atoms with E-state index in [0.29, 0.717) is 12.3 Å². The number of esters is 1. The third-order valence-electron chi connectivity index (χ3n) is 3.61. The number of carbonyl (C=O) groups excluding carboxylic acids is 2. The lowest BCUT2D eigenvalue weighted by Gasteiger charge is -2.23. The summed E-state index contributed by atoms with van der Waals surface area (Å²) in [6.07, 6.45) is 0. The Morgan fingerprint density at radius 3 is 2.58 bits per heavy atom. The van der Waals surface area contributed by atoms with Gasteiger partial charge in [0.2, 0.25) is 5.91 Å². The zero-order valence-electron chi connectivity index (χ0n) is 14.3. The van der Waals surface area contributed by atoms with Crippen molar-refractivity contribution < 1.29 is 14.3 Å². The first-order valence-electron chi connectivity index (χ1n) is 8.14. The van der Waals surface area contributed by atoms with E-state index in [4.69, 9.17) is 16.3 Å². The van der Waals surface area contributed by atoms with Crippen LogP contribution in [0.1, 0.15) is 24.1 Å². The maximum absolute atomic E-state index is 11.8. The third kappa shape index (κ3) is 5.83. The summed E-state index contributed by atoms with van der Waals surface area (Å²) in [6, 6.07) is 14.9. The molecule has 7 heteroatoms. The fourth-order valence-electron chi connectivity index (χ4n) is 2.52. The van der Waals surface area contributed by atoms with E-state index < -0.39 is 0 Å². The van der Waals surface area contributed by atoms with Crippen molar-refractivity contribution in [1.29, 1.82) is 0 Å². The maximum Gasteiger partial charge on any atom is 0.319 e. The summed E-state index contributed by atoms with van der Waals surface area (Å²) < 4.78 is 5.86. The number of hydrogen-bond acceptors (Lipinski definition) is 4. The number of benzene rings is 2. The molecule has 0 aliphatic heterocycles. The van der Waals surface area contributed by atoms with Crippen LogP contribution in [0.15, 0.2) is 53.0 Å². The molecule has 0 unspecified atom stereocenters. The predicted molar refractivity (Wildman–Crippen MR) is 106 cm³/mol. The van der Waals surface area contributed by atoms with Gasteiger partial charge in [-0.2, -0.15) is 0 Å². The first-order chi connectivity index (χ1) is 12.5. The van der Waals surface area contributed by atoms with Gasteiger partial charge in [0.25, 0.3) is 0 Å². The number of halogens is 2. The molecule has 138 valence electrons. The van der Waals surface area contributed by atoms with Crippen LogP contribution in [-0.2, 0) is 14.3 Å². The number of amides is 1. The largest absolute Gasteiger partial charge is 0.465 e. The monoisotopic (exact) mass is 438 g/mol. The molecule has 0 heterocycles. The molecule has 2 aromatic rings. The van der Waals surface area contributed by atoms with Gasteiger partial charge in [-0.3, -0.25) is 14.9 Å². The average molecular weight is 440 g/mol. The van der Waals surface area contributed by atoms with Gasteiger partial charge in [-0.25, -0.2) is 0 Å². The van der Waals surface area contributed by atoms with E-state index in [0.717, 1.165) is 15.6 Å². The van der Waals surface area contributed by atoms with Gasteiger partial charge in [-0.1, -0.05) is 46.3 Å². The summed E-state index contributed by atoms with van der Waals surface area (Å²) in [5, 5.41) is 6.02. The van der Waals surface area contributed by atoms with E-state index in [1.54, 1.807) is 13.0 Å². The number of carbonyl (C=O) groups is 2. The second-order valence-electron chi connectivity index (χ2n) is 5.44. The Hall–Kier alpha value is -1.89. The van der Waals surface area contributed by atoms with Crippen LogP contribution < -0.4 is 10.6 Å². The van der Waals surface area contributed by atoms with Crippen LogP contribution in [0, 0.1) is 0 Å². The zero-order chi connectivity index (χ0) is 18.9. The number of anilines is 1. The number of hydrogen-bond donors (Lipinski definition) is 2. The van der Waals surface area contributed by atoms with Crippen molar-refractivity contribution in [2.45, 2.75) is 13.0 Å². The Bertz CT molecular complexity index is 756. The molecule has 0 aliphatic rings. The normalized spacial score (nSPS) is 11.7. The molecule has 0 aromatic heterocycles. The van der Waals surface area contributed by atoms with Gasteiger partial charge >= 0.3 is 5.97 Å². The van der Waals surface area contributed by atoms with E-state index in [-0.39, 0.29) is 30.3 Å². The molecule has 2 aromatic carbocycles. The van der Waals surface area contributed by atoms with Crippen LogP contribution in [0.25, 0.3) is 0 Å². The van der Waals surface area contributed by atoms with Crippen molar-refractivity contribution in [2.75, 3.05) is 24.3 Å². The van der Waals surface area contributed by atoms with Crippen LogP contribution >= 0.6 is 27.5 Å². The van der Waals surface area contributed by atoms with Gasteiger partial charge in [0, 0.05) is 10.2 Å². The van der Waals surface area contributed by atoms with Gasteiger partial charge in [-0.05, 0) is 36.2 Å². The van der Waals surface area contributed by atoms with Crippen molar-refractivity contribution in [3.63, 3.8) is 0 Å². The molecule has 0 radical (unpaired) electrons. The van der Waals surface area contributed by atoms with Gasteiger partial charge in [0.1, 0.15) is 5.88 Å².